The van der Waals surface area contributed by atoms with E-state index in [-0.39, 0.29) is 6.54 Å². The van der Waals surface area contributed by atoms with Gasteiger partial charge in [0.05, 0.1) is 13.2 Å². The van der Waals surface area contributed by atoms with Gasteiger partial charge in [-0.25, -0.2) is 0 Å². The molecule has 0 aromatic heterocycles. The molecule has 7 heteroatoms. The molecule has 0 radical (unpaired) electrons. The van der Waals surface area contributed by atoms with E-state index >= 15 is 0 Å². The first-order valence-electron chi connectivity index (χ1n) is 4.66. The summed E-state index contributed by atoms with van der Waals surface area (Å²) >= 11 is 0. The molecule has 0 spiro atoms. The molecule has 5 unspecified atom stereocenters. The Bertz CT molecular complexity index is 213. The first kappa shape index (κ1) is 12.8. The van der Waals surface area contributed by atoms with Crippen LogP contribution in [-0.2, 0) is 4.74 Å². The van der Waals surface area contributed by atoms with Crippen molar-refractivity contribution in [1.29, 1.82) is 0 Å². The Kier molecular flexibility index (Phi) is 4.01. The number of hydrogen-bond acceptors (Lipinski definition) is 7. The summed E-state index contributed by atoms with van der Waals surface area (Å²) in [6.07, 6.45) is -5.75. The monoisotopic (exact) mass is 223 g/mol. The van der Waals surface area contributed by atoms with Crippen molar-refractivity contribution in [2.45, 2.75) is 30.2 Å². The van der Waals surface area contributed by atoms with Gasteiger partial charge in [0.15, 0.2) is 0 Å². The van der Waals surface area contributed by atoms with Gasteiger partial charge in [-0.2, -0.15) is 0 Å². The lowest BCUT2D eigenvalue weighted by atomic mass is 9.92. The molecule has 1 saturated heterocycles. The highest BCUT2D eigenvalue weighted by Crippen LogP contribution is 2.27. The standard InChI is InChI=1S/C8H17NO6/c1-9-3-8(14)7(13)6(12)5(11)4(2-10)15-8/h4-7,9-14H,2-3H2,1H3. The molecule has 0 saturated carbocycles. The molecule has 1 aliphatic rings. The lowest BCUT2D eigenvalue weighted by molar-refractivity contribution is -0.345. The van der Waals surface area contributed by atoms with Crippen molar-refractivity contribution in [3.05, 3.63) is 0 Å². The molecule has 1 aliphatic heterocycles. The van der Waals surface area contributed by atoms with Gasteiger partial charge in [0.25, 0.3) is 0 Å². The normalized spacial score (nSPS) is 46.8. The molecule has 1 fully saturated rings. The third-order valence-corrected chi connectivity index (χ3v) is 2.48. The van der Waals surface area contributed by atoms with E-state index in [4.69, 9.17) is 9.84 Å². The van der Waals surface area contributed by atoms with E-state index in [9.17, 15) is 20.4 Å². The fourth-order valence-electron chi connectivity index (χ4n) is 1.62. The van der Waals surface area contributed by atoms with Crippen LogP contribution in [0.15, 0.2) is 0 Å². The van der Waals surface area contributed by atoms with Crippen molar-refractivity contribution >= 4 is 0 Å². The number of likely N-dealkylation sites (N-methyl/N-ethyl adjacent to an activating group) is 1. The van der Waals surface area contributed by atoms with Crippen LogP contribution in [0.4, 0.5) is 0 Å². The number of aliphatic hydroxyl groups is 5. The van der Waals surface area contributed by atoms with E-state index in [1.54, 1.807) is 0 Å². The zero-order valence-corrected chi connectivity index (χ0v) is 8.37. The molecular formula is C8H17NO6. The fraction of sp³-hybridized carbons (Fsp3) is 1.00. The van der Waals surface area contributed by atoms with Gasteiger partial charge in [-0.05, 0) is 7.05 Å². The van der Waals surface area contributed by atoms with Crippen LogP contribution in [0.3, 0.4) is 0 Å². The van der Waals surface area contributed by atoms with Crippen molar-refractivity contribution in [2.75, 3.05) is 20.2 Å². The van der Waals surface area contributed by atoms with E-state index in [0.29, 0.717) is 0 Å². The van der Waals surface area contributed by atoms with E-state index in [2.05, 4.69) is 5.32 Å². The quantitative estimate of drug-likeness (QED) is 0.292. The van der Waals surface area contributed by atoms with Crippen LogP contribution in [0.1, 0.15) is 0 Å². The highest BCUT2D eigenvalue weighted by Gasteiger charge is 2.52. The van der Waals surface area contributed by atoms with Gasteiger partial charge in [0.1, 0.15) is 24.4 Å². The molecule has 5 atom stereocenters. The van der Waals surface area contributed by atoms with Gasteiger partial charge in [-0.15, -0.1) is 0 Å². The third kappa shape index (κ3) is 2.28. The Balaban J connectivity index is 2.82. The zero-order chi connectivity index (χ0) is 11.6. The predicted molar refractivity (Wildman–Crippen MR) is 48.9 cm³/mol. The summed E-state index contributed by atoms with van der Waals surface area (Å²) in [7, 11) is 1.53. The molecule has 0 aromatic rings. The average molecular weight is 223 g/mol. The minimum Gasteiger partial charge on any atom is -0.394 e. The highest BCUT2D eigenvalue weighted by atomic mass is 16.7. The number of ether oxygens (including phenoxy) is 1. The summed E-state index contributed by atoms with van der Waals surface area (Å²) < 4.78 is 4.94. The maximum Gasteiger partial charge on any atom is 0.208 e. The molecule has 6 N–H and O–H groups in total. The Labute approximate surface area is 86.9 Å². The third-order valence-electron chi connectivity index (χ3n) is 2.48. The second kappa shape index (κ2) is 4.71. The summed E-state index contributed by atoms with van der Waals surface area (Å²) in [5, 5.41) is 49.6. The van der Waals surface area contributed by atoms with Crippen molar-refractivity contribution < 1.29 is 30.3 Å². The summed E-state index contributed by atoms with van der Waals surface area (Å²) in [6.45, 7) is -0.689. The number of rotatable bonds is 3. The summed E-state index contributed by atoms with van der Waals surface area (Å²) in [5.74, 6) is -2.01. The molecule has 7 nitrogen and oxygen atoms in total. The summed E-state index contributed by atoms with van der Waals surface area (Å²) in [5.41, 5.74) is 0. The van der Waals surface area contributed by atoms with E-state index in [1.807, 2.05) is 0 Å². The lowest BCUT2D eigenvalue weighted by Gasteiger charge is -2.45. The van der Waals surface area contributed by atoms with Crippen molar-refractivity contribution in [1.82, 2.24) is 5.32 Å². The molecule has 0 amide bonds. The van der Waals surface area contributed by atoms with Crippen molar-refractivity contribution in [3.63, 3.8) is 0 Å². The van der Waals surface area contributed by atoms with E-state index in [1.165, 1.54) is 7.05 Å². The molecule has 0 bridgehead atoms. The van der Waals surface area contributed by atoms with Gasteiger partial charge < -0.3 is 35.6 Å². The predicted octanol–water partition coefficient (Wildman–Crippen LogP) is -3.63. The first-order valence-corrected chi connectivity index (χ1v) is 4.66. The molecule has 90 valence electrons. The van der Waals surface area contributed by atoms with Crippen LogP contribution < -0.4 is 5.32 Å². The van der Waals surface area contributed by atoms with Gasteiger partial charge in [0.2, 0.25) is 5.79 Å². The number of hydrogen-bond donors (Lipinski definition) is 6. The topological polar surface area (TPSA) is 122 Å². The van der Waals surface area contributed by atoms with Crippen LogP contribution in [0, 0.1) is 0 Å². The zero-order valence-electron chi connectivity index (χ0n) is 8.37. The average Bonchev–Trinajstić information content (AvgIpc) is 2.21. The van der Waals surface area contributed by atoms with E-state index in [0.717, 1.165) is 0 Å². The Morgan fingerprint density at radius 1 is 1.27 bits per heavy atom. The second-order valence-electron chi connectivity index (χ2n) is 3.64. The van der Waals surface area contributed by atoms with E-state index < -0.39 is 36.8 Å². The van der Waals surface area contributed by atoms with Gasteiger partial charge in [-0.3, -0.25) is 0 Å². The number of aliphatic hydroxyl groups excluding tert-OH is 4. The molecule has 0 aliphatic carbocycles. The minimum atomic E-state index is -2.01. The molecule has 1 heterocycles. The van der Waals surface area contributed by atoms with Gasteiger partial charge in [0, 0.05) is 0 Å². The van der Waals surface area contributed by atoms with Gasteiger partial charge >= 0.3 is 0 Å². The largest absolute Gasteiger partial charge is 0.394 e. The van der Waals surface area contributed by atoms with Gasteiger partial charge in [-0.1, -0.05) is 0 Å². The summed E-state index contributed by atoms with van der Waals surface area (Å²) in [6, 6.07) is 0. The maximum absolute atomic E-state index is 9.81. The SMILES string of the molecule is CNCC1(O)OC(CO)C(O)C(O)C1O. The highest BCUT2D eigenvalue weighted by molar-refractivity contribution is 4.96. The fourth-order valence-corrected chi connectivity index (χ4v) is 1.62. The lowest BCUT2D eigenvalue weighted by Crippen LogP contribution is -2.67. The molecule has 1 rings (SSSR count). The maximum atomic E-state index is 9.81. The molecular weight excluding hydrogens is 206 g/mol. The van der Waals surface area contributed by atoms with Crippen molar-refractivity contribution in [3.8, 4) is 0 Å². The molecule has 15 heavy (non-hydrogen) atoms. The Morgan fingerprint density at radius 2 is 1.87 bits per heavy atom. The van der Waals surface area contributed by atoms with Crippen LogP contribution in [0.25, 0.3) is 0 Å². The number of nitrogens with one attached hydrogen (secondary N) is 1. The first-order chi connectivity index (χ1) is 6.96. The second-order valence-corrected chi connectivity index (χ2v) is 3.64. The van der Waals surface area contributed by atoms with Crippen LogP contribution in [-0.4, -0.2) is 75.9 Å². The van der Waals surface area contributed by atoms with Crippen LogP contribution in [0.2, 0.25) is 0 Å². The Morgan fingerprint density at radius 3 is 2.33 bits per heavy atom. The minimum absolute atomic E-state index is 0.131. The van der Waals surface area contributed by atoms with Crippen LogP contribution >= 0.6 is 0 Å². The van der Waals surface area contributed by atoms with Crippen molar-refractivity contribution in [2.24, 2.45) is 0 Å². The summed E-state index contributed by atoms with van der Waals surface area (Å²) in [4.78, 5) is 0. The smallest absolute Gasteiger partial charge is 0.208 e. The molecule has 0 aromatic carbocycles. The van der Waals surface area contributed by atoms with Crippen LogP contribution in [0.5, 0.6) is 0 Å². The Hall–Kier alpha value is -0.280.